The van der Waals surface area contributed by atoms with E-state index in [1.54, 1.807) is 5.56 Å². The molecule has 1 heterocycles. The number of aryl methyl sites for hydroxylation is 2. The molecule has 0 saturated heterocycles. The van der Waals surface area contributed by atoms with Crippen LogP contribution in [0, 0.1) is 13.8 Å². The quantitative estimate of drug-likeness (QED) is 0.743. The minimum absolute atomic E-state index is 0.510. The van der Waals surface area contributed by atoms with Crippen LogP contribution in [0.1, 0.15) is 33.7 Å². The molecule has 0 fully saturated rings. The van der Waals surface area contributed by atoms with Crippen LogP contribution in [0.25, 0.3) is 0 Å². The fourth-order valence-electron chi connectivity index (χ4n) is 3.21. The third-order valence-electron chi connectivity index (χ3n) is 4.18. The summed E-state index contributed by atoms with van der Waals surface area (Å²) in [7, 11) is 2.21. The van der Waals surface area contributed by atoms with Crippen LogP contribution in [0.15, 0.2) is 42.5 Å². The Morgan fingerprint density at radius 2 is 1.74 bits per heavy atom. The maximum atomic E-state index is 2.42. The predicted octanol–water partition coefficient (Wildman–Crippen LogP) is 3.88. The van der Waals surface area contributed by atoms with Gasteiger partial charge in [-0.25, -0.2) is 0 Å². The van der Waals surface area contributed by atoms with Crippen LogP contribution in [0.5, 0.6) is 0 Å². The number of benzene rings is 2. The summed E-state index contributed by atoms with van der Waals surface area (Å²) in [6.07, 6.45) is 0. The monoisotopic (exact) mass is 251 g/mol. The molecule has 0 bridgehead atoms. The first-order valence-electron chi connectivity index (χ1n) is 6.98. The number of hydrogen-bond donors (Lipinski definition) is 0. The van der Waals surface area contributed by atoms with Gasteiger partial charge in [-0.1, -0.05) is 48.0 Å². The molecule has 3 rings (SSSR count). The smallest absolute Gasteiger partial charge is 0.0234 e. The lowest BCUT2D eigenvalue weighted by Gasteiger charge is -2.34. The Bertz CT molecular complexity index is 583. The summed E-state index contributed by atoms with van der Waals surface area (Å²) >= 11 is 0. The van der Waals surface area contributed by atoms with E-state index in [0.717, 1.165) is 13.1 Å². The molecule has 0 N–H and O–H groups in total. The molecule has 0 aromatic heterocycles. The lowest BCUT2D eigenvalue weighted by Crippen LogP contribution is -2.31. The molecule has 0 unspecified atom stereocenters. The molecular formula is C18H21N. The lowest BCUT2D eigenvalue weighted by atomic mass is 9.82. The van der Waals surface area contributed by atoms with Crippen molar-refractivity contribution in [2.45, 2.75) is 26.3 Å². The minimum Gasteiger partial charge on any atom is -0.301 e. The van der Waals surface area contributed by atoms with Crippen LogP contribution in [-0.2, 0) is 6.54 Å². The Hall–Kier alpha value is -1.60. The van der Waals surface area contributed by atoms with Gasteiger partial charge in [0.05, 0.1) is 0 Å². The van der Waals surface area contributed by atoms with E-state index in [0.29, 0.717) is 5.92 Å². The van der Waals surface area contributed by atoms with Crippen molar-refractivity contribution in [1.82, 2.24) is 4.90 Å². The Morgan fingerprint density at radius 1 is 1.00 bits per heavy atom. The zero-order valence-electron chi connectivity index (χ0n) is 12.0. The van der Waals surface area contributed by atoms with E-state index in [2.05, 4.69) is 68.3 Å². The maximum absolute atomic E-state index is 2.42. The van der Waals surface area contributed by atoms with Crippen LogP contribution in [0.2, 0.25) is 0 Å². The first-order chi connectivity index (χ1) is 9.15. The van der Waals surface area contributed by atoms with Crippen molar-refractivity contribution in [3.63, 3.8) is 0 Å². The van der Waals surface area contributed by atoms with Crippen molar-refractivity contribution in [2.24, 2.45) is 0 Å². The van der Waals surface area contributed by atoms with Crippen LogP contribution in [0.4, 0.5) is 0 Å². The van der Waals surface area contributed by atoms with Gasteiger partial charge < -0.3 is 4.90 Å². The van der Waals surface area contributed by atoms with Gasteiger partial charge in [0.2, 0.25) is 0 Å². The number of nitrogens with zero attached hydrogens (tertiary/aromatic N) is 1. The highest BCUT2D eigenvalue weighted by Gasteiger charge is 2.25. The highest BCUT2D eigenvalue weighted by Crippen LogP contribution is 2.35. The molecule has 1 heteroatoms. The molecule has 2 aromatic rings. The summed E-state index contributed by atoms with van der Waals surface area (Å²) in [4.78, 5) is 2.42. The van der Waals surface area contributed by atoms with E-state index in [-0.39, 0.29) is 0 Å². The van der Waals surface area contributed by atoms with Gasteiger partial charge in [0, 0.05) is 19.0 Å². The fraction of sp³-hybridized carbons (Fsp3) is 0.333. The molecule has 98 valence electrons. The highest BCUT2D eigenvalue weighted by atomic mass is 15.1. The van der Waals surface area contributed by atoms with Crippen LogP contribution < -0.4 is 0 Å². The summed E-state index contributed by atoms with van der Waals surface area (Å²) < 4.78 is 0. The summed E-state index contributed by atoms with van der Waals surface area (Å²) in [5, 5.41) is 0. The van der Waals surface area contributed by atoms with Crippen molar-refractivity contribution in [3.05, 3.63) is 70.3 Å². The second-order valence-corrected chi connectivity index (χ2v) is 5.81. The lowest BCUT2D eigenvalue weighted by molar-refractivity contribution is 0.294. The molecule has 1 aliphatic heterocycles. The molecule has 0 saturated carbocycles. The normalized spacial score (nSPS) is 19.2. The van der Waals surface area contributed by atoms with Gasteiger partial charge in [-0.05, 0) is 43.1 Å². The van der Waals surface area contributed by atoms with Gasteiger partial charge in [0.25, 0.3) is 0 Å². The van der Waals surface area contributed by atoms with Crippen molar-refractivity contribution in [2.75, 3.05) is 13.6 Å². The fourth-order valence-corrected chi connectivity index (χ4v) is 3.21. The van der Waals surface area contributed by atoms with Gasteiger partial charge in [-0.2, -0.15) is 0 Å². The van der Waals surface area contributed by atoms with E-state index >= 15 is 0 Å². The average Bonchev–Trinajstić information content (AvgIpc) is 2.38. The first kappa shape index (κ1) is 12.4. The predicted molar refractivity (Wildman–Crippen MR) is 80.5 cm³/mol. The first-order valence-corrected chi connectivity index (χ1v) is 6.98. The molecule has 19 heavy (non-hydrogen) atoms. The summed E-state index contributed by atoms with van der Waals surface area (Å²) in [6.45, 7) is 6.57. The second-order valence-electron chi connectivity index (χ2n) is 5.81. The van der Waals surface area contributed by atoms with Gasteiger partial charge in [-0.15, -0.1) is 0 Å². The molecule has 0 amide bonds. The highest BCUT2D eigenvalue weighted by molar-refractivity contribution is 5.45. The van der Waals surface area contributed by atoms with Crippen molar-refractivity contribution >= 4 is 0 Å². The summed E-state index contributed by atoms with van der Waals surface area (Å²) in [5.41, 5.74) is 7.23. The molecule has 1 aliphatic rings. The Morgan fingerprint density at radius 3 is 2.47 bits per heavy atom. The van der Waals surface area contributed by atoms with E-state index in [4.69, 9.17) is 0 Å². The van der Waals surface area contributed by atoms with E-state index < -0.39 is 0 Å². The van der Waals surface area contributed by atoms with Gasteiger partial charge in [-0.3, -0.25) is 0 Å². The molecule has 0 aliphatic carbocycles. The van der Waals surface area contributed by atoms with Crippen molar-refractivity contribution in [1.29, 1.82) is 0 Å². The number of hydrogen-bond acceptors (Lipinski definition) is 1. The third-order valence-corrected chi connectivity index (χ3v) is 4.18. The van der Waals surface area contributed by atoms with Gasteiger partial charge in [0.1, 0.15) is 0 Å². The molecule has 1 atom stereocenters. The van der Waals surface area contributed by atoms with E-state index in [9.17, 15) is 0 Å². The molecule has 0 radical (unpaired) electrons. The van der Waals surface area contributed by atoms with E-state index in [1.165, 1.54) is 22.3 Å². The largest absolute Gasteiger partial charge is 0.301 e. The standard InChI is InChI=1S/C18H21N/c1-13-7-9-15(10-8-13)17-12-19(3)11-16-6-4-5-14(2)18(16)17/h4-10,17H,11-12H2,1-3H3/t17-/m0/s1. The van der Waals surface area contributed by atoms with Crippen molar-refractivity contribution < 1.29 is 0 Å². The molecule has 0 spiro atoms. The molecular weight excluding hydrogens is 230 g/mol. The summed E-state index contributed by atoms with van der Waals surface area (Å²) in [5.74, 6) is 0.510. The van der Waals surface area contributed by atoms with E-state index in [1.807, 2.05) is 0 Å². The second kappa shape index (κ2) is 4.82. The third kappa shape index (κ3) is 2.31. The average molecular weight is 251 g/mol. The van der Waals surface area contributed by atoms with Gasteiger partial charge >= 0.3 is 0 Å². The van der Waals surface area contributed by atoms with Crippen LogP contribution in [-0.4, -0.2) is 18.5 Å². The van der Waals surface area contributed by atoms with Crippen LogP contribution >= 0.6 is 0 Å². The number of fused-ring (bicyclic) bond motifs is 1. The minimum atomic E-state index is 0.510. The van der Waals surface area contributed by atoms with Crippen LogP contribution in [0.3, 0.4) is 0 Å². The van der Waals surface area contributed by atoms with Crippen molar-refractivity contribution in [3.8, 4) is 0 Å². The zero-order valence-corrected chi connectivity index (χ0v) is 12.0. The molecule has 1 nitrogen and oxygen atoms in total. The SMILES string of the molecule is Cc1ccc([C@@H]2CN(C)Cc3cccc(C)c32)cc1. The Balaban J connectivity index is 2.10. The van der Waals surface area contributed by atoms with Gasteiger partial charge in [0.15, 0.2) is 0 Å². The Kier molecular flexibility index (Phi) is 3.16. The topological polar surface area (TPSA) is 3.24 Å². The number of likely N-dealkylation sites (N-methyl/N-ethyl adjacent to an activating group) is 1. The number of rotatable bonds is 1. The maximum Gasteiger partial charge on any atom is 0.0234 e. The summed E-state index contributed by atoms with van der Waals surface area (Å²) in [6, 6.07) is 15.7. The molecule has 2 aromatic carbocycles. The zero-order chi connectivity index (χ0) is 13.4. The Labute approximate surface area is 115 Å².